The molecule has 0 spiro atoms. The number of carbonyl (C=O) groups is 2. The lowest BCUT2D eigenvalue weighted by molar-refractivity contribution is -0.143. The number of hydrogen-bond donors (Lipinski definition) is 3. The molecule has 0 saturated heterocycles. The SMILES string of the molecule is CCOC(=O)CC(C)NC(=O)c1ccc(N(C)Cc2cn(O)c(=N)c(C#N)n2)cc1. The Morgan fingerprint density at radius 2 is 2.07 bits per heavy atom. The Balaban J connectivity index is 2.02. The van der Waals surface area contributed by atoms with Crippen LogP contribution in [0, 0.1) is 16.7 Å². The highest BCUT2D eigenvalue weighted by Crippen LogP contribution is 2.16. The van der Waals surface area contributed by atoms with Crippen LogP contribution in [0.3, 0.4) is 0 Å². The van der Waals surface area contributed by atoms with Crippen LogP contribution in [0.1, 0.15) is 42.0 Å². The summed E-state index contributed by atoms with van der Waals surface area (Å²) in [4.78, 5) is 29.7. The predicted molar refractivity (Wildman–Crippen MR) is 107 cm³/mol. The number of benzene rings is 1. The van der Waals surface area contributed by atoms with Crippen LogP contribution in [0.25, 0.3) is 0 Å². The predicted octanol–water partition coefficient (Wildman–Crippen LogP) is 1.18. The molecule has 1 heterocycles. The van der Waals surface area contributed by atoms with E-state index in [-0.39, 0.29) is 42.1 Å². The van der Waals surface area contributed by atoms with E-state index in [1.54, 1.807) is 51.2 Å². The lowest BCUT2D eigenvalue weighted by Crippen LogP contribution is -2.34. The van der Waals surface area contributed by atoms with Gasteiger partial charge in [-0.05, 0) is 38.1 Å². The van der Waals surface area contributed by atoms with Crippen molar-refractivity contribution >= 4 is 17.6 Å². The van der Waals surface area contributed by atoms with Crippen molar-refractivity contribution in [2.45, 2.75) is 32.9 Å². The number of nitrogens with zero attached hydrogens (tertiary/aromatic N) is 4. The minimum absolute atomic E-state index is 0.0973. The van der Waals surface area contributed by atoms with Crippen LogP contribution < -0.4 is 15.7 Å². The van der Waals surface area contributed by atoms with E-state index < -0.39 is 0 Å². The van der Waals surface area contributed by atoms with E-state index in [1.165, 1.54) is 6.20 Å². The van der Waals surface area contributed by atoms with Crippen LogP contribution in [0.15, 0.2) is 30.5 Å². The van der Waals surface area contributed by atoms with Gasteiger partial charge in [0.15, 0.2) is 11.2 Å². The van der Waals surface area contributed by atoms with Crippen molar-refractivity contribution in [1.29, 1.82) is 10.7 Å². The Morgan fingerprint density at radius 3 is 2.67 bits per heavy atom. The van der Waals surface area contributed by atoms with Crippen LogP contribution in [0.4, 0.5) is 5.69 Å². The summed E-state index contributed by atoms with van der Waals surface area (Å²) >= 11 is 0. The number of rotatable bonds is 8. The zero-order valence-electron chi connectivity index (χ0n) is 17.0. The molecule has 2 aromatic rings. The maximum atomic E-state index is 12.3. The van der Waals surface area contributed by atoms with Gasteiger partial charge in [0.25, 0.3) is 5.91 Å². The number of hydrogen-bond acceptors (Lipinski definition) is 8. The molecular formula is C20H24N6O4. The number of ether oxygens (including phenoxy) is 1. The van der Waals surface area contributed by atoms with E-state index in [1.807, 2.05) is 4.90 Å². The molecule has 2 rings (SSSR count). The molecule has 1 aromatic carbocycles. The first-order valence-corrected chi connectivity index (χ1v) is 9.29. The maximum Gasteiger partial charge on any atom is 0.307 e. The molecule has 1 atom stereocenters. The molecule has 0 aliphatic heterocycles. The number of aromatic nitrogens is 2. The normalized spacial score (nSPS) is 11.3. The van der Waals surface area contributed by atoms with Crippen LogP contribution >= 0.6 is 0 Å². The highest BCUT2D eigenvalue weighted by Gasteiger charge is 2.14. The monoisotopic (exact) mass is 412 g/mol. The quantitative estimate of drug-likeness (QED) is 0.436. The summed E-state index contributed by atoms with van der Waals surface area (Å²) in [5.74, 6) is -0.660. The molecule has 1 unspecified atom stereocenters. The second kappa shape index (κ2) is 10.1. The Hall–Kier alpha value is -3.87. The fourth-order valence-electron chi connectivity index (χ4n) is 2.72. The number of nitrogens with one attached hydrogen (secondary N) is 2. The van der Waals surface area contributed by atoms with Gasteiger partial charge in [0.2, 0.25) is 0 Å². The molecule has 10 heteroatoms. The second-order valence-corrected chi connectivity index (χ2v) is 6.67. The topological polar surface area (TPSA) is 144 Å². The van der Waals surface area contributed by atoms with Crippen molar-refractivity contribution in [3.63, 3.8) is 0 Å². The van der Waals surface area contributed by atoms with Gasteiger partial charge in [-0.1, -0.05) is 0 Å². The molecule has 0 aliphatic rings. The van der Waals surface area contributed by atoms with Crippen molar-refractivity contribution in [3.05, 3.63) is 52.9 Å². The average molecular weight is 412 g/mol. The third-order valence-electron chi connectivity index (χ3n) is 4.21. The fourth-order valence-corrected chi connectivity index (χ4v) is 2.72. The number of nitriles is 1. The lowest BCUT2D eigenvalue weighted by atomic mass is 10.1. The molecular weight excluding hydrogens is 388 g/mol. The molecule has 0 aliphatic carbocycles. The molecule has 158 valence electrons. The smallest absolute Gasteiger partial charge is 0.307 e. The molecule has 3 N–H and O–H groups in total. The highest BCUT2D eigenvalue weighted by atomic mass is 16.5. The summed E-state index contributed by atoms with van der Waals surface area (Å²) in [5.41, 5.74) is 1.08. The van der Waals surface area contributed by atoms with Crippen molar-refractivity contribution in [1.82, 2.24) is 15.0 Å². The van der Waals surface area contributed by atoms with Crippen LogP contribution in [-0.4, -0.2) is 46.5 Å². The fraction of sp³-hybridized carbons (Fsp3) is 0.350. The highest BCUT2D eigenvalue weighted by molar-refractivity contribution is 5.95. The Morgan fingerprint density at radius 1 is 1.40 bits per heavy atom. The van der Waals surface area contributed by atoms with Gasteiger partial charge in [-0.2, -0.15) is 9.99 Å². The van der Waals surface area contributed by atoms with E-state index in [2.05, 4.69) is 10.3 Å². The summed E-state index contributed by atoms with van der Waals surface area (Å²) in [7, 11) is 1.79. The Bertz CT molecular complexity index is 1010. The third-order valence-corrected chi connectivity index (χ3v) is 4.21. The molecule has 0 saturated carbocycles. The van der Waals surface area contributed by atoms with E-state index >= 15 is 0 Å². The molecule has 0 bridgehead atoms. The Labute approximate surface area is 173 Å². The van der Waals surface area contributed by atoms with Gasteiger partial charge in [0, 0.05) is 24.3 Å². The van der Waals surface area contributed by atoms with Crippen molar-refractivity contribution in [2.24, 2.45) is 0 Å². The van der Waals surface area contributed by atoms with Gasteiger partial charge in [-0.15, -0.1) is 0 Å². The van der Waals surface area contributed by atoms with E-state index in [0.29, 0.717) is 22.6 Å². The number of carbonyl (C=O) groups excluding carboxylic acids is 2. The van der Waals surface area contributed by atoms with Gasteiger partial charge < -0.3 is 20.2 Å². The summed E-state index contributed by atoms with van der Waals surface area (Å²) in [6.07, 6.45) is 1.37. The molecule has 1 amide bonds. The van der Waals surface area contributed by atoms with Crippen molar-refractivity contribution in [2.75, 3.05) is 18.6 Å². The molecule has 30 heavy (non-hydrogen) atoms. The van der Waals surface area contributed by atoms with Gasteiger partial charge >= 0.3 is 5.97 Å². The first kappa shape index (κ1) is 22.4. The van der Waals surface area contributed by atoms with E-state index in [4.69, 9.17) is 15.4 Å². The molecule has 0 fully saturated rings. The summed E-state index contributed by atoms with van der Waals surface area (Å²) in [5, 5.41) is 29.0. The van der Waals surface area contributed by atoms with Crippen LogP contribution in [0.2, 0.25) is 0 Å². The number of esters is 1. The Kier molecular flexibility index (Phi) is 7.52. The number of amides is 1. The zero-order chi connectivity index (χ0) is 22.3. The molecule has 1 aromatic heterocycles. The summed E-state index contributed by atoms with van der Waals surface area (Å²) in [6, 6.07) is 8.24. The first-order valence-electron chi connectivity index (χ1n) is 9.29. The lowest BCUT2D eigenvalue weighted by Gasteiger charge is -2.19. The van der Waals surface area contributed by atoms with Crippen LogP contribution in [-0.2, 0) is 16.1 Å². The van der Waals surface area contributed by atoms with E-state index in [0.717, 1.165) is 5.69 Å². The van der Waals surface area contributed by atoms with Gasteiger partial charge in [-0.3, -0.25) is 15.0 Å². The largest absolute Gasteiger partial charge is 0.466 e. The van der Waals surface area contributed by atoms with E-state index in [9.17, 15) is 14.8 Å². The third kappa shape index (κ3) is 5.81. The minimum Gasteiger partial charge on any atom is -0.466 e. The first-order chi connectivity index (χ1) is 14.2. The zero-order valence-corrected chi connectivity index (χ0v) is 17.0. The molecule has 10 nitrogen and oxygen atoms in total. The van der Waals surface area contributed by atoms with Crippen molar-refractivity contribution in [3.8, 4) is 6.07 Å². The van der Waals surface area contributed by atoms with Crippen LogP contribution in [0.5, 0.6) is 0 Å². The average Bonchev–Trinajstić information content (AvgIpc) is 2.70. The van der Waals surface area contributed by atoms with Gasteiger partial charge in [-0.25, -0.2) is 4.98 Å². The standard InChI is InChI=1S/C20H24N6O4/c1-4-30-18(27)9-13(2)23-20(28)14-5-7-16(8-6-14)25(3)11-15-12-26(29)19(22)17(10-21)24-15/h5-8,12-13,22,29H,4,9,11H2,1-3H3,(H,23,28). The van der Waals surface area contributed by atoms with Gasteiger partial charge in [0.1, 0.15) is 6.07 Å². The molecule has 0 radical (unpaired) electrons. The maximum absolute atomic E-state index is 12.3. The van der Waals surface area contributed by atoms with Crippen molar-refractivity contribution < 1.29 is 19.5 Å². The summed E-state index contributed by atoms with van der Waals surface area (Å²) in [6.45, 7) is 4.03. The second-order valence-electron chi connectivity index (χ2n) is 6.67. The van der Waals surface area contributed by atoms with Gasteiger partial charge in [0.05, 0.1) is 31.5 Å². The summed E-state index contributed by atoms with van der Waals surface area (Å²) < 4.78 is 5.43. The minimum atomic E-state index is -0.378. The number of anilines is 1.